The monoisotopic (exact) mass is 629 g/mol. The van der Waals surface area contributed by atoms with Crippen LogP contribution >= 0.6 is 0 Å². The molecule has 5 heterocycles. The lowest BCUT2D eigenvalue weighted by Crippen LogP contribution is -2.39. The van der Waals surface area contributed by atoms with Crippen LogP contribution in [0.1, 0.15) is 62.7 Å². The van der Waals surface area contributed by atoms with Gasteiger partial charge in [0.15, 0.2) is 5.65 Å². The van der Waals surface area contributed by atoms with Crippen molar-refractivity contribution >= 4 is 28.6 Å². The van der Waals surface area contributed by atoms with Gasteiger partial charge in [0.25, 0.3) is 0 Å². The van der Waals surface area contributed by atoms with Gasteiger partial charge >= 0.3 is 6.09 Å². The number of carbonyl (C=O) groups is 1. The van der Waals surface area contributed by atoms with Gasteiger partial charge in [-0.05, 0) is 69.5 Å². The zero-order valence-corrected chi connectivity index (χ0v) is 27.2. The average Bonchev–Trinajstić information content (AvgIpc) is 3.46. The molecule has 3 aromatic heterocycles. The first-order valence-electron chi connectivity index (χ1n) is 16.1. The van der Waals surface area contributed by atoms with Crippen LogP contribution in [0, 0.1) is 0 Å². The fraction of sp³-hybridized carbons (Fsp3) is 0.324. The summed E-state index contributed by atoms with van der Waals surface area (Å²) in [4.78, 5) is 29.8. The SMILES string of the molecule is C[C@H]1c2c([nH]c3nnc(-c4ccccc4OCc4ccccc4)cc23)CCN1c1nccc(C2=CCN(C(=O)OC(C)(C)C)CC2)n1. The highest BCUT2D eigenvalue weighted by molar-refractivity contribution is 5.86. The molecule has 240 valence electrons. The van der Waals surface area contributed by atoms with E-state index in [1.807, 2.05) is 75.5 Å². The Bertz CT molecular complexity index is 1950. The number of carbonyl (C=O) groups excluding carboxylic acids is 1. The minimum Gasteiger partial charge on any atom is -0.488 e. The zero-order chi connectivity index (χ0) is 32.5. The van der Waals surface area contributed by atoms with Crippen molar-refractivity contribution in [2.45, 2.75) is 58.8 Å². The summed E-state index contributed by atoms with van der Waals surface area (Å²) in [7, 11) is 0. The molecule has 2 aromatic carbocycles. The number of H-pyrrole nitrogens is 1. The predicted molar refractivity (Wildman–Crippen MR) is 182 cm³/mol. The number of para-hydroxylation sites is 1. The number of rotatable bonds is 6. The van der Waals surface area contributed by atoms with Gasteiger partial charge in [-0.3, -0.25) is 0 Å². The highest BCUT2D eigenvalue weighted by Gasteiger charge is 2.31. The minimum atomic E-state index is -0.520. The van der Waals surface area contributed by atoms with E-state index in [0.29, 0.717) is 32.1 Å². The number of amides is 1. The van der Waals surface area contributed by atoms with Crippen LogP contribution in [0.15, 0.2) is 79.0 Å². The standard InChI is InChI=1S/C37H39N7O3/c1-24-33-28-22-31(27-12-8-9-13-32(27)46-23-25-10-6-5-7-11-25)41-42-34(28)39-30(33)17-21-44(24)35-38-18-14-29(40-35)26-15-19-43(20-16-26)36(45)47-37(2,3)4/h5-15,18,22,24H,16-17,19-21,23H2,1-4H3,(H,39,42)/t24-/m0/s1. The van der Waals surface area contributed by atoms with Crippen molar-refractivity contribution in [3.05, 3.63) is 102 Å². The molecule has 1 amide bonds. The van der Waals surface area contributed by atoms with E-state index in [4.69, 9.17) is 19.4 Å². The highest BCUT2D eigenvalue weighted by atomic mass is 16.6. The second-order valence-electron chi connectivity index (χ2n) is 13.0. The van der Waals surface area contributed by atoms with Crippen molar-refractivity contribution in [1.82, 2.24) is 30.0 Å². The normalized spacial score (nSPS) is 16.5. The van der Waals surface area contributed by atoms with E-state index in [1.165, 1.54) is 5.56 Å². The van der Waals surface area contributed by atoms with Gasteiger partial charge < -0.3 is 24.3 Å². The fourth-order valence-corrected chi connectivity index (χ4v) is 6.32. The maximum atomic E-state index is 12.6. The van der Waals surface area contributed by atoms with Gasteiger partial charge in [0.2, 0.25) is 5.95 Å². The molecule has 0 bridgehead atoms. The summed E-state index contributed by atoms with van der Waals surface area (Å²) in [6.45, 7) is 10.2. The molecular weight excluding hydrogens is 590 g/mol. The lowest BCUT2D eigenvalue weighted by atomic mass is 9.97. The van der Waals surface area contributed by atoms with Crippen LogP contribution in [0.5, 0.6) is 5.75 Å². The van der Waals surface area contributed by atoms with E-state index in [1.54, 1.807) is 4.90 Å². The molecule has 0 saturated heterocycles. The number of benzene rings is 2. The number of fused-ring (bicyclic) bond motifs is 3. The van der Waals surface area contributed by atoms with E-state index in [2.05, 4.69) is 51.3 Å². The number of ether oxygens (including phenoxy) is 2. The highest BCUT2D eigenvalue weighted by Crippen LogP contribution is 2.39. The van der Waals surface area contributed by atoms with E-state index >= 15 is 0 Å². The largest absolute Gasteiger partial charge is 0.488 e. The molecule has 2 aliphatic rings. The van der Waals surface area contributed by atoms with Crippen LogP contribution in [0.25, 0.3) is 27.9 Å². The molecule has 1 N–H and O–H groups in total. The first-order chi connectivity index (χ1) is 22.7. The number of aromatic nitrogens is 5. The molecule has 7 rings (SSSR count). The van der Waals surface area contributed by atoms with Crippen LogP contribution in [0.3, 0.4) is 0 Å². The van der Waals surface area contributed by atoms with Gasteiger partial charge in [0.1, 0.15) is 18.0 Å². The Hall–Kier alpha value is -5.25. The molecule has 2 aliphatic heterocycles. The lowest BCUT2D eigenvalue weighted by Gasteiger charge is -2.34. The Balaban J connectivity index is 1.13. The van der Waals surface area contributed by atoms with Gasteiger partial charge in [-0.2, -0.15) is 0 Å². The Morgan fingerprint density at radius 3 is 2.57 bits per heavy atom. The third kappa shape index (κ3) is 6.40. The number of nitrogens with zero attached hydrogens (tertiary/aromatic N) is 6. The minimum absolute atomic E-state index is 0.00682. The molecule has 0 unspecified atom stereocenters. The third-order valence-electron chi connectivity index (χ3n) is 8.66. The van der Waals surface area contributed by atoms with Crippen molar-refractivity contribution in [1.29, 1.82) is 0 Å². The number of hydrogen-bond acceptors (Lipinski definition) is 8. The van der Waals surface area contributed by atoms with Crippen LogP contribution in [0.4, 0.5) is 10.7 Å². The van der Waals surface area contributed by atoms with Gasteiger partial charge in [0, 0.05) is 54.5 Å². The lowest BCUT2D eigenvalue weighted by molar-refractivity contribution is 0.0270. The van der Waals surface area contributed by atoms with Crippen molar-refractivity contribution in [2.75, 3.05) is 24.5 Å². The second-order valence-corrected chi connectivity index (χ2v) is 13.0. The third-order valence-corrected chi connectivity index (χ3v) is 8.66. The van der Waals surface area contributed by atoms with Gasteiger partial charge in [-0.25, -0.2) is 14.8 Å². The van der Waals surface area contributed by atoms with Gasteiger partial charge in [-0.1, -0.05) is 48.5 Å². The van der Waals surface area contributed by atoms with Crippen molar-refractivity contribution in [3.8, 4) is 17.0 Å². The van der Waals surface area contributed by atoms with Crippen LogP contribution < -0.4 is 9.64 Å². The maximum absolute atomic E-state index is 12.6. The average molecular weight is 630 g/mol. The van der Waals surface area contributed by atoms with Crippen molar-refractivity contribution < 1.29 is 14.3 Å². The first-order valence-corrected chi connectivity index (χ1v) is 16.1. The quantitative estimate of drug-likeness (QED) is 0.211. The number of nitrogens with one attached hydrogen (secondary N) is 1. The summed E-state index contributed by atoms with van der Waals surface area (Å²) in [6, 6.07) is 22.2. The molecule has 47 heavy (non-hydrogen) atoms. The molecule has 0 fully saturated rings. The Morgan fingerprint density at radius 1 is 0.979 bits per heavy atom. The summed E-state index contributed by atoms with van der Waals surface area (Å²) in [6.07, 6.45) is 5.12. The van der Waals surface area contributed by atoms with Gasteiger partial charge in [-0.15, -0.1) is 10.2 Å². The van der Waals surface area contributed by atoms with Crippen LogP contribution in [-0.2, 0) is 17.8 Å². The van der Waals surface area contributed by atoms with Gasteiger partial charge in [0.05, 0.1) is 17.4 Å². The topological polar surface area (TPSA) is 109 Å². The molecule has 0 aliphatic carbocycles. The molecule has 10 heteroatoms. The van der Waals surface area contributed by atoms with Crippen LogP contribution in [0.2, 0.25) is 0 Å². The summed E-state index contributed by atoms with van der Waals surface area (Å²) in [5.41, 5.74) is 7.35. The van der Waals surface area contributed by atoms with Crippen LogP contribution in [-0.4, -0.2) is 61.4 Å². The van der Waals surface area contributed by atoms with E-state index in [0.717, 1.165) is 63.5 Å². The Labute approximate surface area is 274 Å². The molecule has 1 atom stereocenters. The number of hydrogen-bond donors (Lipinski definition) is 1. The Morgan fingerprint density at radius 2 is 1.79 bits per heavy atom. The summed E-state index contributed by atoms with van der Waals surface area (Å²) < 4.78 is 11.8. The van der Waals surface area contributed by atoms with Crippen molar-refractivity contribution in [2.24, 2.45) is 0 Å². The summed E-state index contributed by atoms with van der Waals surface area (Å²) in [5.74, 6) is 1.45. The smallest absolute Gasteiger partial charge is 0.410 e. The summed E-state index contributed by atoms with van der Waals surface area (Å²) >= 11 is 0. The van der Waals surface area contributed by atoms with E-state index in [9.17, 15) is 4.79 Å². The maximum Gasteiger partial charge on any atom is 0.410 e. The zero-order valence-electron chi connectivity index (χ0n) is 27.2. The second kappa shape index (κ2) is 12.5. The molecule has 10 nitrogen and oxygen atoms in total. The molecular formula is C37H39N7O3. The Kier molecular flexibility index (Phi) is 8.09. The number of anilines is 1. The van der Waals surface area contributed by atoms with E-state index < -0.39 is 5.60 Å². The molecule has 0 radical (unpaired) electrons. The van der Waals surface area contributed by atoms with E-state index in [-0.39, 0.29) is 12.1 Å². The van der Waals surface area contributed by atoms with Crippen molar-refractivity contribution in [3.63, 3.8) is 0 Å². The predicted octanol–water partition coefficient (Wildman–Crippen LogP) is 7.14. The molecule has 0 spiro atoms. The number of aromatic amines is 1. The molecule has 0 saturated carbocycles. The first kappa shape index (κ1) is 30.4. The summed E-state index contributed by atoms with van der Waals surface area (Å²) in [5, 5.41) is 10.2. The fourth-order valence-electron chi connectivity index (χ4n) is 6.32. The molecule has 5 aromatic rings.